The summed E-state index contributed by atoms with van der Waals surface area (Å²) in [5.41, 5.74) is 2.67. The molecule has 0 saturated carbocycles. The molecule has 30 heavy (non-hydrogen) atoms. The highest BCUT2D eigenvalue weighted by Gasteiger charge is 2.14. The van der Waals surface area contributed by atoms with Crippen LogP contribution in [-0.2, 0) is 11.3 Å². The summed E-state index contributed by atoms with van der Waals surface area (Å²) >= 11 is 12.3. The Kier molecular flexibility index (Phi) is 6.78. The van der Waals surface area contributed by atoms with Gasteiger partial charge in [0.15, 0.2) is 0 Å². The second-order valence-electron chi connectivity index (χ2n) is 6.49. The van der Waals surface area contributed by atoms with E-state index in [1.54, 1.807) is 29.2 Å². The van der Waals surface area contributed by atoms with Crippen LogP contribution in [0.1, 0.15) is 16.7 Å². The molecule has 3 rings (SSSR count). The van der Waals surface area contributed by atoms with Crippen molar-refractivity contribution in [2.24, 2.45) is 0 Å². The van der Waals surface area contributed by atoms with Gasteiger partial charge in [0.2, 0.25) is 0 Å². The Morgan fingerprint density at radius 2 is 2.07 bits per heavy atom. The molecule has 0 aliphatic heterocycles. The van der Waals surface area contributed by atoms with Gasteiger partial charge in [-0.2, -0.15) is 10.4 Å². The van der Waals surface area contributed by atoms with E-state index in [0.717, 1.165) is 11.1 Å². The van der Waals surface area contributed by atoms with Gasteiger partial charge in [-0.15, -0.1) is 0 Å². The largest absolute Gasteiger partial charge is 0.495 e. The molecule has 3 aromatic rings. The van der Waals surface area contributed by atoms with E-state index in [2.05, 4.69) is 10.4 Å². The van der Waals surface area contributed by atoms with E-state index in [1.165, 1.54) is 13.2 Å². The molecule has 6 nitrogen and oxygen atoms in total. The van der Waals surface area contributed by atoms with Gasteiger partial charge in [0.1, 0.15) is 17.4 Å². The lowest BCUT2D eigenvalue weighted by Crippen LogP contribution is -2.14. The number of aryl methyl sites for hydroxylation is 1. The molecule has 0 atom stereocenters. The Morgan fingerprint density at radius 3 is 2.77 bits per heavy atom. The predicted molar refractivity (Wildman–Crippen MR) is 118 cm³/mol. The normalized spacial score (nSPS) is 11.1. The zero-order valence-electron chi connectivity index (χ0n) is 16.3. The summed E-state index contributed by atoms with van der Waals surface area (Å²) in [5, 5.41) is 17.6. The summed E-state index contributed by atoms with van der Waals surface area (Å²) in [4.78, 5) is 12.6. The summed E-state index contributed by atoms with van der Waals surface area (Å²) in [6.45, 7) is 2.29. The van der Waals surface area contributed by atoms with Crippen LogP contribution in [0.5, 0.6) is 5.75 Å². The van der Waals surface area contributed by atoms with Gasteiger partial charge in [-0.05, 0) is 36.3 Å². The maximum atomic E-state index is 12.6. The van der Waals surface area contributed by atoms with Gasteiger partial charge >= 0.3 is 0 Å². The van der Waals surface area contributed by atoms with Gasteiger partial charge in [-0.3, -0.25) is 9.48 Å². The van der Waals surface area contributed by atoms with Crippen LogP contribution in [0.4, 0.5) is 5.69 Å². The number of nitrogens with one attached hydrogen (secondary N) is 1. The van der Waals surface area contributed by atoms with E-state index in [4.69, 9.17) is 27.9 Å². The Balaban J connectivity index is 1.79. The number of nitriles is 1. The summed E-state index contributed by atoms with van der Waals surface area (Å²) in [6.07, 6.45) is 4.79. The number of benzene rings is 2. The molecule has 0 spiro atoms. The van der Waals surface area contributed by atoms with Crippen molar-refractivity contribution in [3.8, 4) is 11.8 Å². The van der Waals surface area contributed by atoms with Crippen LogP contribution < -0.4 is 10.1 Å². The number of ether oxygens (including phenoxy) is 1. The van der Waals surface area contributed by atoms with Gasteiger partial charge in [0, 0.05) is 27.9 Å². The third-order valence-corrected chi connectivity index (χ3v) is 5.12. The Bertz CT molecular complexity index is 1160. The SMILES string of the molecule is COc1cc(Cl)c(C)cc1NC(=O)/C(C#N)=C/c1cnn(Cc2ccccc2Cl)c1. The number of nitrogens with zero attached hydrogens (tertiary/aromatic N) is 3. The van der Waals surface area contributed by atoms with Gasteiger partial charge in [0.05, 0.1) is 25.5 Å². The first kappa shape index (κ1) is 21.4. The van der Waals surface area contributed by atoms with Crippen LogP contribution in [0.3, 0.4) is 0 Å². The number of methoxy groups -OCH3 is 1. The average molecular weight is 441 g/mol. The number of rotatable bonds is 6. The second-order valence-corrected chi connectivity index (χ2v) is 7.30. The van der Waals surface area contributed by atoms with Crippen molar-refractivity contribution in [3.05, 3.63) is 81.1 Å². The molecule has 1 heterocycles. The zero-order chi connectivity index (χ0) is 21.7. The minimum absolute atomic E-state index is 0.0676. The van der Waals surface area contributed by atoms with Crippen molar-refractivity contribution in [1.29, 1.82) is 5.26 Å². The summed E-state index contributed by atoms with van der Waals surface area (Å²) < 4.78 is 6.94. The number of carbonyl (C=O) groups excluding carboxylic acids is 1. The van der Waals surface area contributed by atoms with E-state index in [0.29, 0.717) is 33.6 Å². The molecule has 1 N–H and O–H groups in total. The van der Waals surface area contributed by atoms with Crippen LogP contribution in [0, 0.1) is 18.3 Å². The summed E-state index contributed by atoms with van der Waals surface area (Å²) in [6, 6.07) is 12.7. The quantitative estimate of drug-likeness (QED) is 0.426. The van der Waals surface area contributed by atoms with Gasteiger partial charge in [0.25, 0.3) is 5.91 Å². The maximum Gasteiger partial charge on any atom is 0.266 e. The van der Waals surface area contributed by atoms with Gasteiger partial charge < -0.3 is 10.1 Å². The van der Waals surface area contributed by atoms with E-state index in [1.807, 2.05) is 37.3 Å². The standard InChI is InChI=1S/C22H18Cl2N4O2/c1-14-7-20(21(30-2)9-19(14)24)27-22(29)17(10-25)8-15-11-26-28(12-15)13-16-5-3-4-6-18(16)23/h3-9,11-12H,13H2,1-2H3,(H,27,29)/b17-8+. The number of carbonyl (C=O) groups is 1. The molecule has 1 amide bonds. The average Bonchev–Trinajstić information content (AvgIpc) is 3.17. The second kappa shape index (κ2) is 9.49. The number of hydrogen-bond acceptors (Lipinski definition) is 4. The van der Waals surface area contributed by atoms with Crippen molar-refractivity contribution in [2.75, 3.05) is 12.4 Å². The molecule has 1 aromatic heterocycles. The van der Waals surface area contributed by atoms with Crippen LogP contribution in [0.2, 0.25) is 10.0 Å². The lowest BCUT2D eigenvalue weighted by Gasteiger charge is -2.11. The van der Waals surface area contributed by atoms with Crippen molar-refractivity contribution in [1.82, 2.24) is 9.78 Å². The molecule has 0 aliphatic rings. The molecule has 0 radical (unpaired) electrons. The molecule has 152 valence electrons. The molecule has 2 aromatic carbocycles. The first-order valence-corrected chi connectivity index (χ1v) is 9.70. The fourth-order valence-corrected chi connectivity index (χ4v) is 3.13. The Hall–Kier alpha value is -3.27. The number of aromatic nitrogens is 2. The summed E-state index contributed by atoms with van der Waals surface area (Å²) in [5.74, 6) is -0.153. The highest BCUT2D eigenvalue weighted by molar-refractivity contribution is 6.31. The molecular formula is C22H18Cl2N4O2. The van der Waals surface area contributed by atoms with Crippen LogP contribution in [0.25, 0.3) is 6.08 Å². The first-order valence-electron chi connectivity index (χ1n) is 8.94. The molecule has 0 aliphatic carbocycles. The molecule has 8 heteroatoms. The maximum absolute atomic E-state index is 12.6. The zero-order valence-corrected chi connectivity index (χ0v) is 17.8. The van der Waals surface area contributed by atoms with Crippen molar-refractivity contribution >= 4 is 40.9 Å². The molecule has 0 bridgehead atoms. The van der Waals surface area contributed by atoms with E-state index in [9.17, 15) is 10.1 Å². The Labute approximate surface area is 184 Å². The lowest BCUT2D eigenvalue weighted by atomic mass is 10.1. The molecule has 0 unspecified atom stereocenters. The van der Waals surface area contributed by atoms with Gasteiger partial charge in [-0.1, -0.05) is 41.4 Å². The lowest BCUT2D eigenvalue weighted by molar-refractivity contribution is -0.112. The van der Waals surface area contributed by atoms with Gasteiger partial charge in [-0.25, -0.2) is 0 Å². The fraction of sp³-hybridized carbons (Fsp3) is 0.136. The highest BCUT2D eigenvalue weighted by Crippen LogP contribution is 2.31. The van der Waals surface area contributed by atoms with Crippen LogP contribution in [0.15, 0.2) is 54.4 Å². The first-order chi connectivity index (χ1) is 14.4. The monoisotopic (exact) mass is 440 g/mol. The van der Waals surface area contributed by atoms with Crippen molar-refractivity contribution < 1.29 is 9.53 Å². The van der Waals surface area contributed by atoms with E-state index >= 15 is 0 Å². The Morgan fingerprint density at radius 1 is 1.30 bits per heavy atom. The summed E-state index contributed by atoms with van der Waals surface area (Å²) in [7, 11) is 1.48. The molecule has 0 saturated heterocycles. The highest BCUT2D eigenvalue weighted by atomic mass is 35.5. The van der Waals surface area contributed by atoms with Crippen LogP contribution >= 0.6 is 23.2 Å². The molecular weight excluding hydrogens is 423 g/mol. The topological polar surface area (TPSA) is 79.9 Å². The van der Waals surface area contributed by atoms with Crippen LogP contribution in [-0.4, -0.2) is 22.8 Å². The number of anilines is 1. The number of amides is 1. The smallest absolute Gasteiger partial charge is 0.266 e. The van der Waals surface area contributed by atoms with Crippen molar-refractivity contribution in [2.45, 2.75) is 13.5 Å². The van der Waals surface area contributed by atoms with E-state index < -0.39 is 5.91 Å². The predicted octanol–water partition coefficient (Wildman–Crippen LogP) is 5.10. The minimum Gasteiger partial charge on any atom is -0.495 e. The third-order valence-electron chi connectivity index (χ3n) is 4.35. The van der Waals surface area contributed by atoms with Crippen molar-refractivity contribution in [3.63, 3.8) is 0 Å². The number of hydrogen-bond donors (Lipinski definition) is 1. The molecule has 0 fully saturated rings. The van der Waals surface area contributed by atoms with E-state index in [-0.39, 0.29) is 5.57 Å². The fourth-order valence-electron chi connectivity index (χ4n) is 2.78. The number of halogens is 2. The third kappa shape index (κ3) is 5.01. The minimum atomic E-state index is -0.559.